The first-order chi connectivity index (χ1) is 9.49. The van der Waals surface area contributed by atoms with Gasteiger partial charge in [0, 0.05) is 5.69 Å². The molecule has 2 rings (SSSR count). The SMILES string of the molecule is Cc1ccc(C)c(COC(=O)c2c(C)cccc2N)c1. The molecule has 2 aromatic rings. The van der Waals surface area contributed by atoms with E-state index in [9.17, 15) is 4.79 Å². The van der Waals surface area contributed by atoms with Crippen LogP contribution in [0, 0.1) is 20.8 Å². The van der Waals surface area contributed by atoms with Crippen molar-refractivity contribution >= 4 is 11.7 Å². The Morgan fingerprint density at radius 2 is 1.85 bits per heavy atom. The van der Waals surface area contributed by atoms with Gasteiger partial charge < -0.3 is 10.5 Å². The number of benzene rings is 2. The minimum Gasteiger partial charge on any atom is -0.457 e. The van der Waals surface area contributed by atoms with Crippen LogP contribution in [-0.2, 0) is 11.3 Å². The summed E-state index contributed by atoms with van der Waals surface area (Å²) >= 11 is 0. The minimum atomic E-state index is -0.374. The lowest BCUT2D eigenvalue weighted by atomic mass is 10.1. The zero-order valence-electron chi connectivity index (χ0n) is 12.1. The van der Waals surface area contributed by atoms with Crippen LogP contribution in [0.4, 0.5) is 5.69 Å². The number of hydrogen-bond donors (Lipinski definition) is 1. The molecule has 3 heteroatoms. The van der Waals surface area contributed by atoms with E-state index in [0.717, 1.165) is 22.3 Å². The monoisotopic (exact) mass is 269 g/mol. The highest BCUT2D eigenvalue weighted by atomic mass is 16.5. The standard InChI is InChI=1S/C17H19NO2/c1-11-7-8-12(2)14(9-11)10-20-17(19)16-13(3)5-4-6-15(16)18/h4-9H,10,18H2,1-3H3. The molecule has 0 saturated heterocycles. The normalized spacial score (nSPS) is 10.3. The first-order valence-corrected chi connectivity index (χ1v) is 6.57. The second-order valence-electron chi connectivity index (χ2n) is 5.05. The molecule has 104 valence electrons. The van der Waals surface area contributed by atoms with Gasteiger partial charge in [-0.15, -0.1) is 0 Å². The summed E-state index contributed by atoms with van der Waals surface area (Å²) in [5.74, 6) is -0.374. The molecular formula is C17H19NO2. The Labute approximate surface area is 119 Å². The molecule has 0 heterocycles. The predicted octanol–water partition coefficient (Wildman–Crippen LogP) is 3.55. The third-order valence-electron chi connectivity index (χ3n) is 3.37. The lowest BCUT2D eigenvalue weighted by Crippen LogP contribution is -2.10. The zero-order valence-corrected chi connectivity index (χ0v) is 12.1. The number of nitrogens with two attached hydrogens (primary N) is 1. The second kappa shape index (κ2) is 5.78. The van der Waals surface area contributed by atoms with Crippen molar-refractivity contribution < 1.29 is 9.53 Å². The molecule has 3 nitrogen and oxygen atoms in total. The number of ether oxygens (including phenoxy) is 1. The molecule has 0 bridgehead atoms. The Balaban J connectivity index is 2.15. The van der Waals surface area contributed by atoms with Crippen molar-refractivity contribution in [1.29, 1.82) is 0 Å². The third kappa shape index (κ3) is 2.99. The lowest BCUT2D eigenvalue weighted by Gasteiger charge is -2.11. The number of hydrogen-bond acceptors (Lipinski definition) is 3. The number of aryl methyl sites for hydroxylation is 3. The number of nitrogen functional groups attached to an aromatic ring is 1. The van der Waals surface area contributed by atoms with Crippen molar-refractivity contribution in [1.82, 2.24) is 0 Å². The maximum absolute atomic E-state index is 12.2. The van der Waals surface area contributed by atoms with Gasteiger partial charge in [-0.05, 0) is 43.5 Å². The molecule has 0 radical (unpaired) electrons. The average molecular weight is 269 g/mol. The number of esters is 1. The highest BCUT2D eigenvalue weighted by Crippen LogP contribution is 2.19. The minimum absolute atomic E-state index is 0.264. The van der Waals surface area contributed by atoms with Gasteiger partial charge in [-0.1, -0.05) is 35.9 Å². The summed E-state index contributed by atoms with van der Waals surface area (Å²) in [7, 11) is 0. The number of carbonyl (C=O) groups excluding carboxylic acids is 1. The molecule has 2 N–H and O–H groups in total. The van der Waals surface area contributed by atoms with Crippen LogP contribution >= 0.6 is 0 Å². The van der Waals surface area contributed by atoms with Crippen LogP contribution in [0.15, 0.2) is 36.4 Å². The van der Waals surface area contributed by atoms with Crippen molar-refractivity contribution in [2.24, 2.45) is 0 Å². The fourth-order valence-corrected chi connectivity index (χ4v) is 2.14. The first kappa shape index (κ1) is 14.1. The molecule has 0 spiro atoms. The van der Waals surface area contributed by atoms with E-state index in [-0.39, 0.29) is 12.6 Å². The summed E-state index contributed by atoms with van der Waals surface area (Å²) in [6, 6.07) is 11.5. The Kier molecular flexibility index (Phi) is 4.08. The van der Waals surface area contributed by atoms with Gasteiger partial charge in [0.25, 0.3) is 0 Å². The van der Waals surface area contributed by atoms with E-state index in [1.807, 2.05) is 51.1 Å². The molecule has 0 aliphatic carbocycles. The summed E-state index contributed by atoms with van der Waals surface area (Å²) in [6.07, 6.45) is 0. The largest absolute Gasteiger partial charge is 0.457 e. The van der Waals surface area contributed by atoms with Crippen molar-refractivity contribution in [3.8, 4) is 0 Å². The summed E-state index contributed by atoms with van der Waals surface area (Å²) in [4.78, 5) is 12.2. The maximum Gasteiger partial charge on any atom is 0.340 e. The van der Waals surface area contributed by atoms with Crippen LogP contribution in [0.5, 0.6) is 0 Å². The number of rotatable bonds is 3. The second-order valence-corrected chi connectivity index (χ2v) is 5.05. The Morgan fingerprint density at radius 3 is 2.55 bits per heavy atom. The molecule has 0 unspecified atom stereocenters. The molecular weight excluding hydrogens is 250 g/mol. The fourth-order valence-electron chi connectivity index (χ4n) is 2.14. The number of carbonyl (C=O) groups is 1. The molecule has 0 saturated carbocycles. The van der Waals surface area contributed by atoms with Gasteiger partial charge in [0.2, 0.25) is 0 Å². The molecule has 2 aromatic carbocycles. The zero-order chi connectivity index (χ0) is 14.7. The highest BCUT2D eigenvalue weighted by Gasteiger charge is 2.14. The van der Waals surface area contributed by atoms with Gasteiger partial charge in [0.15, 0.2) is 0 Å². The average Bonchev–Trinajstić information content (AvgIpc) is 2.39. The predicted molar refractivity (Wildman–Crippen MR) is 80.6 cm³/mol. The smallest absolute Gasteiger partial charge is 0.340 e. The third-order valence-corrected chi connectivity index (χ3v) is 3.37. The first-order valence-electron chi connectivity index (χ1n) is 6.57. The van der Waals surface area contributed by atoms with Crippen molar-refractivity contribution in [2.75, 3.05) is 5.73 Å². The van der Waals surface area contributed by atoms with Crippen LogP contribution in [0.25, 0.3) is 0 Å². The van der Waals surface area contributed by atoms with E-state index >= 15 is 0 Å². The maximum atomic E-state index is 12.2. The van der Waals surface area contributed by atoms with Crippen LogP contribution in [0.1, 0.15) is 32.6 Å². The summed E-state index contributed by atoms with van der Waals surface area (Å²) in [6.45, 7) is 6.14. The van der Waals surface area contributed by atoms with Gasteiger partial charge in [-0.3, -0.25) is 0 Å². The highest BCUT2D eigenvalue weighted by molar-refractivity contribution is 5.96. The molecule has 0 fully saturated rings. The summed E-state index contributed by atoms with van der Waals surface area (Å²) in [5.41, 5.74) is 10.9. The Morgan fingerprint density at radius 1 is 1.10 bits per heavy atom. The number of anilines is 1. The topological polar surface area (TPSA) is 52.3 Å². The van der Waals surface area contributed by atoms with E-state index in [1.54, 1.807) is 6.07 Å². The van der Waals surface area contributed by atoms with E-state index in [4.69, 9.17) is 10.5 Å². The fraction of sp³-hybridized carbons (Fsp3) is 0.235. The molecule has 0 aliphatic heterocycles. The quantitative estimate of drug-likeness (QED) is 0.684. The Bertz CT molecular complexity index is 627. The molecule has 0 aliphatic rings. The van der Waals surface area contributed by atoms with Crippen molar-refractivity contribution in [2.45, 2.75) is 27.4 Å². The summed E-state index contributed by atoms with van der Waals surface area (Å²) < 4.78 is 5.39. The summed E-state index contributed by atoms with van der Waals surface area (Å²) in [5, 5.41) is 0. The van der Waals surface area contributed by atoms with Crippen LogP contribution < -0.4 is 5.73 Å². The van der Waals surface area contributed by atoms with Gasteiger partial charge >= 0.3 is 5.97 Å². The van der Waals surface area contributed by atoms with Gasteiger partial charge in [-0.2, -0.15) is 0 Å². The Hall–Kier alpha value is -2.29. The van der Waals surface area contributed by atoms with E-state index in [0.29, 0.717) is 11.3 Å². The van der Waals surface area contributed by atoms with Crippen molar-refractivity contribution in [3.05, 3.63) is 64.2 Å². The van der Waals surface area contributed by atoms with Gasteiger partial charge in [0.1, 0.15) is 6.61 Å². The van der Waals surface area contributed by atoms with Crippen LogP contribution in [0.2, 0.25) is 0 Å². The molecule has 20 heavy (non-hydrogen) atoms. The van der Waals surface area contributed by atoms with Crippen LogP contribution in [0.3, 0.4) is 0 Å². The molecule has 0 amide bonds. The van der Waals surface area contributed by atoms with Gasteiger partial charge in [0.05, 0.1) is 5.56 Å². The molecule has 0 atom stereocenters. The lowest BCUT2D eigenvalue weighted by molar-refractivity contribution is 0.0472. The van der Waals surface area contributed by atoms with Gasteiger partial charge in [-0.25, -0.2) is 4.79 Å². The molecule has 0 aromatic heterocycles. The van der Waals surface area contributed by atoms with E-state index < -0.39 is 0 Å². The van der Waals surface area contributed by atoms with Crippen LogP contribution in [-0.4, -0.2) is 5.97 Å². The van der Waals surface area contributed by atoms with Crippen molar-refractivity contribution in [3.63, 3.8) is 0 Å². The van der Waals surface area contributed by atoms with E-state index in [2.05, 4.69) is 0 Å². The van der Waals surface area contributed by atoms with E-state index in [1.165, 1.54) is 0 Å².